The summed E-state index contributed by atoms with van der Waals surface area (Å²) in [5.41, 5.74) is 4.82. The van der Waals surface area contributed by atoms with Gasteiger partial charge in [-0.1, -0.05) is 30.3 Å². The van der Waals surface area contributed by atoms with Crippen LogP contribution in [-0.4, -0.2) is 21.0 Å². The Hall–Kier alpha value is -3.34. The number of nitrogens with zero attached hydrogens (tertiary/aromatic N) is 3. The Morgan fingerprint density at radius 3 is 2.52 bits per heavy atom. The minimum absolute atomic E-state index is 0.0114. The van der Waals surface area contributed by atoms with Gasteiger partial charge in [0.25, 0.3) is 5.56 Å². The highest BCUT2D eigenvalue weighted by Crippen LogP contribution is 2.24. The zero-order valence-electron chi connectivity index (χ0n) is 17.1. The monoisotopic (exact) mass is 387 g/mol. The fourth-order valence-corrected chi connectivity index (χ4v) is 3.75. The summed E-state index contributed by atoms with van der Waals surface area (Å²) in [6.45, 7) is 7.12. The summed E-state index contributed by atoms with van der Waals surface area (Å²) in [6.07, 6.45) is 0.727. The summed E-state index contributed by atoms with van der Waals surface area (Å²) in [4.78, 5) is 12.8. The molecule has 0 atom stereocenters. The van der Waals surface area contributed by atoms with Gasteiger partial charge in [0.15, 0.2) is 0 Å². The number of hydrogen-bond donors (Lipinski definition) is 0. The Bertz CT molecular complexity index is 1210. The lowest BCUT2D eigenvalue weighted by atomic mass is 10.1. The highest BCUT2D eigenvalue weighted by molar-refractivity contribution is 5.83. The molecule has 2 heterocycles. The number of fused-ring (bicyclic) bond motifs is 1. The van der Waals surface area contributed by atoms with Crippen LogP contribution < -0.4 is 10.3 Å². The van der Waals surface area contributed by atoms with Crippen LogP contribution in [0.1, 0.15) is 23.2 Å². The van der Waals surface area contributed by atoms with Gasteiger partial charge >= 0.3 is 0 Å². The first kappa shape index (κ1) is 19.0. The number of aryl methyl sites for hydroxylation is 4. The Balaban J connectivity index is 1.66. The van der Waals surface area contributed by atoms with E-state index in [0.717, 1.165) is 40.1 Å². The van der Waals surface area contributed by atoms with Gasteiger partial charge in [-0.3, -0.25) is 9.36 Å². The molecule has 0 unspecified atom stereocenters. The normalized spacial score (nSPS) is 11.1. The highest BCUT2D eigenvalue weighted by Gasteiger charge is 2.16. The number of ether oxygens (including phenoxy) is 1. The van der Waals surface area contributed by atoms with Gasteiger partial charge in [-0.15, -0.1) is 0 Å². The summed E-state index contributed by atoms with van der Waals surface area (Å²) in [5.74, 6) is 0.858. The van der Waals surface area contributed by atoms with Crippen LogP contribution in [-0.2, 0) is 6.54 Å². The van der Waals surface area contributed by atoms with Gasteiger partial charge < -0.3 is 4.74 Å². The van der Waals surface area contributed by atoms with Crippen LogP contribution in [0.2, 0.25) is 0 Å². The molecular formula is C24H25N3O2. The second kappa shape index (κ2) is 7.95. The Labute approximate surface area is 170 Å². The lowest BCUT2D eigenvalue weighted by molar-refractivity contribution is 0.301. The minimum Gasteiger partial charge on any atom is -0.494 e. The van der Waals surface area contributed by atoms with Crippen LogP contribution in [0.4, 0.5) is 0 Å². The first-order valence-electron chi connectivity index (χ1n) is 9.89. The number of aromatic nitrogens is 3. The van der Waals surface area contributed by atoms with Crippen molar-refractivity contribution in [1.82, 2.24) is 14.3 Å². The van der Waals surface area contributed by atoms with E-state index >= 15 is 0 Å². The van der Waals surface area contributed by atoms with Crippen molar-refractivity contribution in [1.29, 1.82) is 0 Å². The maximum atomic E-state index is 12.8. The van der Waals surface area contributed by atoms with Crippen LogP contribution in [0.5, 0.6) is 5.75 Å². The molecule has 0 spiro atoms. The number of rotatable bonds is 6. The zero-order chi connectivity index (χ0) is 20.4. The van der Waals surface area contributed by atoms with Crippen molar-refractivity contribution < 1.29 is 4.74 Å². The van der Waals surface area contributed by atoms with E-state index in [1.165, 1.54) is 5.56 Å². The first-order valence-corrected chi connectivity index (χ1v) is 9.89. The molecule has 4 rings (SSSR count). The molecule has 2 aromatic heterocycles. The molecule has 0 aliphatic rings. The van der Waals surface area contributed by atoms with Crippen molar-refractivity contribution in [3.63, 3.8) is 0 Å². The van der Waals surface area contributed by atoms with Gasteiger partial charge in [0, 0.05) is 18.0 Å². The van der Waals surface area contributed by atoms with E-state index in [-0.39, 0.29) is 5.56 Å². The largest absolute Gasteiger partial charge is 0.494 e. The first-order chi connectivity index (χ1) is 14.0. The molecule has 0 aliphatic carbocycles. The standard InChI is InChI=1S/C24H25N3O2/c1-17-9-7-12-21(15-17)29-14-8-13-26-22(28)16-18(2)23-19(3)25-27(24(23)26)20-10-5-4-6-11-20/h4-7,9-12,15-16H,8,13-14H2,1-3H3. The summed E-state index contributed by atoms with van der Waals surface area (Å²) in [7, 11) is 0. The number of hydrogen-bond acceptors (Lipinski definition) is 3. The predicted molar refractivity (Wildman–Crippen MR) is 116 cm³/mol. The van der Waals surface area contributed by atoms with E-state index < -0.39 is 0 Å². The molecule has 0 fully saturated rings. The number of benzene rings is 2. The lowest BCUT2D eigenvalue weighted by Crippen LogP contribution is -2.23. The Morgan fingerprint density at radius 2 is 1.76 bits per heavy atom. The average molecular weight is 387 g/mol. The maximum absolute atomic E-state index is 12.8. The van der Waals surface area contributed by atoms with Crippen LogP contribution in [0.3, 0.4) is 0 Å². The van der Waals surface area contributed by atoms with Crippen molar-refractivity contribution in [3.8, 4) is 11.4 Å². The van der Waals surface area contributed by atoms with Gasteiger partial charge in [0.05, 0.1) is 18.0 Å². The topological polar surface area (TPSA) is 49.1 Å². The zero-order valence-corrected chi connectivity index (χ0v) is 17.1. The second-order valence-electron chi connectivity index (χ2n) is 7.37. The average Bonchev–Trinajstić information content (AvgIpc) is 3.05. The van der Waals surface area contributed by atoms with Gasteiger partial charge in [-0.2, -0.15) is 5.10 Å². The van der Waals surface area contributed by atoms with E-state index in [1.807, 2.05) is 84.6 Å². The molecule has 148 valence electrons. The lowest BCUT2D eigenvalue weighted by Gasteiger charge is -2.13. The molecule has 29 heavy (non-hydrogen) atoms. The summed E-state index contributed by atoms with van der Waals surface area (Å²) in [5, 5.41) is 5.77. The molecule has 0 bridgehead atoms. The van der Waals surface area contributed by atoms with E-state index in [1.54, 1.807) is 6.07 Å². The van der Waals surface area contributed by atoms with Crippen LogP contribution >= 0.6 is 0 Å². The molecule has 0 radical (unpaired) electrons. The SMILES string of the molecule is Cc1cccc(OCCCn2c(=O)cc(C)c3c(C)nn(-c4ccccc4)c32)c1. The number of pyridine rings is 1. The van der Waals surface area contributed by atoms with Crippen LogP contribution in [0, 0.1) is 20.8 Å². The van der Waals surface area contributed by atoms with Crippen molar-refractivity contribution in [2.75, 3.05) is 6.61 Å². The molecule has 0 aliphatic heterocycles. The Kier molecular flexibility index (Phi) is 5.21. The fraction of sp³-hybridized carbons (Fsp3) is 0.250. The van der Waals surface area contributed by atoms with Crippen molar-refractivity contribution in [3.05, 3.63) is 87.8 Å². The van der Waals surface area contributed by atoms with E-state index in [4.69, 9.17) is 9.84 Å². The van der Waals surface area contributed by atoms with Gasteiger partial charge in [0.2, 0.25) is 0 Å². The fourth-order valence-electron chi connectivity index (χ4n) is 3.75. The highest BCUT2D eigenvalue weighted by atomic mass is 16.5. The van der Waals surface area contributed by atoms with Crippen LogP contribution in [0.25, 0.3) is 16.7 Å². The molecule has 0 saturated carbocycles. The third-order valence-electron chi connectivity index (χ3n) is 5.08. The summed E-state index contributed by atoms with van der Waals surface area (Å²) in [6, 6.07) is 19.6. The predicted octanol–water partition coefficient (Wildman–Crippen LogP) is 4.58. The molecule has 0 amide bonds. The molecule has 2 aromatic carbocycles. The van der Waals surface area contributed by atoms with Gasteiger partial charge in [-0.25, -0.2) is 4.68 Å². The molecule has 5 nitrogen and oxygen atoms in total. The molecule has 0 saturated heterocycles. The minimum atomic E-state index is -0.0114. The molecule has 5 heteroatoms. The van der Waals surface area contributed by atoms with E-state index in [9.17, 15) is 4.79 Å². The number of para-hydroxylation sites is 1. The van der Waals surface area contributed by atoms with Crippen molar-refractivity contribution in [2.24, 2.45) is 0 Å². The van der Waals surface area contributed by atoms with Gasteiger partial charge in [0.1, 0.15) is 11.4 Å². The Morgan fingerprint density at radius 1 is 0.966 bits per heavy atom. The summed E-state index contributed by atoms with van der Waals surface area (Å²) < 4.78 is 9.56. The van der Waals surface area contributed by atoms with E-state index in [0.29, 0.717) is 13.2 Å². The van der Waals surface area contributed by atoms with Gasteiger partial charge in [-0.05, 0) is 62.6 Å². The molecule has 0 N–H and O–H groups in total. The smallest absolute Gasteiger partial charge is 0.252 e. The molecule has 4 aromatic rings. The second-order valence-corrected chi connectivity index (χ2v) is 7.37. The van der Waals surface area contributed by atoms with Crippen molar-refractivity contribution >= 4 is 11.0 Å². The summed E-state index contributed by atoms with van der Waals surface area (Å²) >= 11 is 0. The maximum Gasteiger partial charge on any atom is 0.252 e. The molecular weight excluding hydrogens is 362 g/mol. The quantitative estimate of drug-likeness (QED) is 0.455. The third-order valence-corrected chi connectivity index (χ3v) is 5.08. The van der Waals surface area contributed by atoms with Crippen LogP contribution in [0.15, 0.2) is 65.5 Å². The van der Waals surface area contributed by atoms with E-state index in [2.05, 4.69) is 0 Å². The third kappa shape index (κ3) is 3.81. The van der Waals surface area contributed by atoms with Crippen molar-refractivity contribution in [2.45, 2.75) is 33.7 Å².